The van der Waals surface area contributed by atoms with Gasteiger partial charge in [-0.3, -0.25) is 0 Å². The van der Waals surface area contributed by atoms with Gasteiger partial charge in [0.05, 0.1) is 0 Å². The number of hydrogen-bond acceptors (Lipinski definition) is 1. The number of hydrogen-bond donors (Lipinski definition) is 1. The van der Waals surface area contributed by atoms with Crippen molar-refractivity contribution in [2.75, 3.05) is 6.51 Å². The van der Waals surface area contributed by atoms with Crippen molar-refractivity contribution in [3.05, 3.63) is 0 Å². The van der Waals surface area contributed by atoms with Gasteiger partial charge in [0.1, 0.15) is 19.0 Å². The van der Waals surface area contributed by atoms with E-state index in [-0.39, 0.29) is 32.5 Å². The fourth-order valence-corrected chi connectivity index (χ4v) is 0.404. The van der Waals surface area contributed by atoms with Crippen LogP contribution in [-0.2, 0) is 4.74 Å². The summed E-state index contributed by atoms with van der Waals surface area (Å²) in [5.41, 5.74) is 3.63. The Morgan fingerprint density at radius 2 is 1.50 bits per heavy atom. The van der Waals surface area contributed by atoms with Crippen LogP contribution in [0.2, 0.25) is 0 Å². The average molecular weight is 174 g/mol. The third-order valence-electron chi connectivity index (χ3n) is 2.07. The molecule has 0 aromatic heterocycles. The molecule has 0 aliphatic rings. The summed E-state index contributed by atoms with van der Waals surface area (Å²) < 4.78 is 5.31. The van der Waals surface area contributed by atoms with Gasteiger partial charge in [0.2, 0.25) is 0 Å². The second kappa shape index (κ2) is 5.60. The van der Waals surface area contributed by atoms with Crippen LogP contribution >= 0.6 is 0 Å². The molecule has 3 N–H and O–H groups in total. The van der Waals surface area contributed by atoms with Crippen LogP contribution in [0.3, 0.4) is 0 Å². The summed E-state index contributed by atoms with van der Waals surface area (Å²) in [6.45, 7) is 8.30. The minimum Gasteiger partial charge on any atom is -0.379 e. The monoisotopic (exact) mass is 174 g/mol. The Morgan fingerprint density at radius 3 is 1.58 bits per heavy atom. The summed E-state index contributed by atoms with van der Waals surface area (Å²) in [6, 6.07) is 0. The molecule has 0 amide bonds. The molecule has 0 saturated carbocycles. The first kappa shape index (κ1) is 17.9. The van der Waals surface area contributed by atoms with E-state index in [0.29, 0.717) is 0 Å². The maximum atomic E-state index is 5.31. The van der Waals surface area contributed by atoms with Crippen LogP contribution in [0.25, 0.3) is 0 Å². The summed E-state index contributed by atoms with van der Waals surface area (Å²) in [6.07, 6.45) is 0. The summed E-state index contributed by atoms with van der Waals surface area (Å²) >= 11 is 0. The summed E-state index contributed by atoms with van der Waals surface area (Å²) in [4.78, 5) is 0. The first-order valence-corrected chi connectivity index (χ1v) is 3.50. The van der Waals surface area contributed by atoms with Crippen molar-refractivity contribution in [3.8, 4) is 0 Å². The molecule has 2 nitrogen and oxygen atoms in total. The Morgan fingerprint density at radius 1 is 1.17 bits per heavy atom. The quantitative estimate of drug-likeness (QED) is 0.641. The Balaban J connectivity index is -0.000000405. The summed E-state index contributed by atoms with van der Waals surface area (Å²) in [5.74, 6) is 0. The molecule has 0 spiro atoms. The van der Waals surface area contributed by atoms with Crippen molar-refractivity contribution < 1.29 is 10.5 Å². The van der Waals surface area contributed by atoms with Crippen molar-refractivity contribution in [3.63, 3.8) is 0 Å². The first-order chi connectivity index (χ1) is 4.31. The highest BCUT2D eigenvalue weighted by atomic mass is 16.5. The topological polar surface area (TPSA) is 36.9 Å². The molecule has 74 valence electrons. The number of rotatable bonds is 3. The maximum Gasteiger partial charge on any atom is 0.118 e. The largest absolute Gasteiger partial charge is 0.379 e. The van der Waals surface area contributed by atoms with E-state index >= 15 is 0 Å². The standard InChI is InChI=1S/C7H16BNO.2CH4/c1-6(2,9)7(3,4)10-5-8;;/h5,9H2,1-4H3;2*1H4/p+1. The predicted octanol–water partition coefficient (Wildman–Crippen LogP) is 1.20. The van der Waals surface area contributed by atoms with E-state index in [1.807, 2.05) is 27.7 Å². The van der Waals surface area contributed by atoms with Gasteiger partial charge in [0.25, 0.3) is 0 Å². The Kier molecular flexibility index (Phi) is 8.36. The van der Waals surface area contributed by atoms with Gasteiger partial charge in [-0.25, -0.2) is 0 Å². The zero-order valence-corrected chi connectivity index (χ0v) is 7.40. The second-order valence-electron chi connectivity index (χ2n) is 3.71. The van der Waals surface area contributed by atoms with Gasteiger partial charge in [0, 0.05) is 6.51 Å². The van der Waals surface area contributed by atoms with Crippen LogP contribution in [0, 0.1) is 0 Å². The average Bonchev–Trinajstić information content (AvgIpc) is 1.61. The van der Waals surface area contributed by atoms with Crippen molar-refractivity contribution in [2.45, 2.75) is 53.7 Å². The lowest BCUT2D eigenvalue weighted by atomic mass is 9.86. The van der Waals surface area contributed by atoms with E-state index < -0.39 is 0 Å². The van der Waals surface area contributed by atoms with E-state index in [2.05, 4.69) is 5.73 Å². The third-order valence-corrected chi connectivity index (χ3v) is 2.07. The predicted molar refractivity (Wildman–Crippen MR) is 56.2 cm³/mol. The van der Waals surface area contributed by atoms with Crippen LogP contribution in [0.1, 0.15) is 42.5 Å². The molecule has 0 bridgehead atoms. The summed E-state index contributed by atoms with van der Waals surface area (Å²) in [5, 5.41) is 0. The van der Waals surface area contributed by atoms with Crippen molar-refractivity contribution in [1.29, 1.82) is 0 Å². The van der Waals surface area contributed by atoms with Crippen LogP contribution in [0.15, 0.2) is 0 Å². The fraction of sp³-hybridized carbons (Fsp3) is 1.00. The highest BCUT2D eigenvalue weighted by Crippen LogP contribution is 2.19. The van der Waals surface area contributed by atoms with Crippen molar-refractivity contribution in [1.82, 2.24) is 0 Å². The molecule has 0 aromatic rings. The molecule has 0 heterocycles. The molecule has 12 heavy (non-hydrogen) atoms. The second-order valence-corrected chi connectivity index (χ2v) is 3.71. The SMILES string of the molecule is C.C.[B]COC(C)(C)C(C)(C)[NH3+]. The van der Waals surface area contributed by atoms with Gasteiger partial charge in [-0.2, -0.15) is 0 Å². The van der Waals surface area contributed by atoms with Gasteiger partial charge in [-0.05, 0) is 27.7 Å². The van der Waals surface area contributed by atoms with Gasteiger partial charge < -0.3 is 10.5 Å². The molecular weight excluding hydrogens is 149 g/mol. The van der Waals surface area contributed by atoms with Crippen molar-refractivity contribution >= 4 is 7.85 Å². The normalized spacial score (nSPS) is 11.4. The molecule has 3 heteroatoms. The molecule has 0 aliphatic heterocycles. The number of quaternary nitrogens is 1. The van der Waals surface area contributed by atoms with E-state index in [0.717, 1.165) is 0 Å². The van der Waals surface area contributed by atoms with Crippen LogP contribution < -0.4 is 5.73 Å². The van der Waals surface area contributed by atoms with E-state index in [4.69, 9.17) is 12.6 Å². The molecule has 0 fully saturated rings. The molecule has 0 rings (SSSR count). The molecule has 0 aromatic carbocycles. The molecule has 0 saturated heterocycles. The van der Waals surface area contributed by atoms with Gasteiger partial charge in [-0.1, -0.05) is 14.9 Å². The third kappa shape index (κ3) is 4.78. The Hall–Kier alpha value is -0.0151. The molecule has 0 aliphatic carbocycles. The molecule has 0 atom stereocenters. The van der Waals surface area contributed by atoms with Crippen LogP contribution in [-0.4, -0.2) is 25.5 Å². The minimum atomic E-state index is -0.248. The maximum absolute atomic E-state index is 5.31. The number of ether oxygens (including phenoxy) is 1. The lowest BCUT2D eigenvalue weighted by Crippen LogP contribution is -2.78. The molecule has 2 radical (unpaired) electrons. The Labute approximate surface area is 79.3 Å². The lowest BCUT2D eigenvalue weighted by molar-refractivity contribution is -0.499. The minimum absolute atomic E-state index is 0. The van der Waals surface area contributed by atoms with Crippen LogP contribution in [0.5, 0.6) is 0 Å². The smallest absolute Gasteiger partial charge is 0.118 e. The zero-order chi connectivity index (χ0) is 8.41. The van der Waals surface area contributed by atoms with E-state index in [1.54, 1.807) is 0 Å². The zero-order valence-electron chi connectivity index (χ0n) is 7.40. The first-order valence-electron chi connectivity index (χ1n) is 3.50. The van der Waals surface area contributed by atoms with Gasteiger partial charge in [-0.15, -0.1) is 0 Å². The highest BCUT2D eigenvalue weighted by molar-refractivity contribution is 6.08. The van der Waals surface area contributed by atoms with E-state index in [9.17, 15) is 0 Å². The molecular formula is C9H25BNO+. The lowest BCUT2D eigenvalue weighted by Gasteiger charge is -2.34. The van der Waals surface area contributed by atoms with Gasteiger partial charge >= 0.3 is 0 Å². The van der Waals surface area contributed by atoms with Gasteiger partial charge in [0.15, 0.2) is 0 Å². The highest BCUT2D eigenvalue weighted by Gasteiger charge is 2.37. The van der Waals surface area contributed by atoms with Crippen LogP contribution in [0.4, 0.5) is 0 Å². The summed E-state index contributed by atoms with van der Waals surface area (Å²) in [7, 11) is 5.26. The molecule has 0 unspecified atom stereocenters. The van der Waals surface area contributed by atoms with Crippen molar-refractivity contribution in [2.24, 2.45) is 0 Å². The fourth-order valence-electron chi connectivity index (χ4n) is 0.404. The van der Waals surface area contributed by atoms with E-state index in [1.165, 1.54) is 0 Å². The Bertz CT molecular complexity index is 108.